The maximum atomic E-state index is 4.24. The van der Waals surface area contributed by atoms with Crippen LogP contribution in [0.2, 0.25) is 0 Å². The number of guanidine groups is 1. The molecule has 1 aromatic heterocycles. The highest BCUT2D eigenvalue weighted by molar-refractivity contribution is 14.0. The molecule has 0 saturated heterocycles. The van der Waals surface area contributed by atoms with Crippen molar-refractivity contribution in [3.8, 4) is 0 Å². The van der Waals surface area contributed by atoms with Crippen LogP contribution in [0, 0.1) is 0 Å². The van der Waals surface area contributed by atoms with Crippen molar-refractivity contribution < 1.29 is 0 Å². The lowest BCUT2D eigenvalue weighted by Gasteiger charge is -2.31. The third-order valence-electron chi connectivity index (χ3n) is 4.40. The molecule has 8 heteroatoms. The van der Waals surface area contributed by atoms with Gasteiger partial charge in [0.25, 0.3) is 0 Å². The zero-order valence-corrected chi connectivity index (χ0v) is 16.8. The number of aromatic nitrogens is 3. The van der Waals surface area contributed by atoms with E-state index in [4.69, 9.17) is 0 Å². The molecule has 1 saturated carbocycles. The van der Waals surface area contributed by atoms with Gasteiger partial charge in [-0.25, -0.2) is 4.98 Å². The molecule has 1 aliphatic rings. The molecule has 0 spiro atoms. The van der Waals surface area contributed by atoms with Gasteiger partial charge in [-0.2, -0.15) is 5.10 Å². The number of hydrogen-bond donors (Lipinski definition) is 2. The van der Waals surface area contributed by atoms with E-state index in [1.807, 2.05) is 7.05 Å². The number of aryl methyl sites for hydroxylation is 1. The van der Waals surface area contributed by atoms with E-state index in [2.05, 4.69) is 37.7 Å². The van der Waals surface area contributed by atoms with Gasteiger partial charge in [-0.05, 0) is 19.9 Å². The summed E-state index contributed by atoms with van der Waals surface area (Å²) in [6, 6.07) is 0.754. The fourth-order valence-corrected chi connectivity index (χ4v) is 2.92. The quantitative estimate of drug-likeness (QED) is 0.401. The summed E-state index contributed by atoms with van der Waals surface area (Å²) in [5.41, 5.74) is 0. The lowest BCUT2D eigenvalue weighted by Crippen LogP contribution is -2.43. The van der Waals surface area contributed by atoms with Crippen molar-refractivity contribution in [3.63, 3.8) is 0 Å². The zero-order chi connectivity index (χ0) is 15.8. The molecule has 1 fully saturated rings. The molecule has 0 amide bonds. The monoisotopic (exact) mass is 435 g/mol. The topological polar surface area (TPSA) is 70.4 Å². The Bertz CT molecular complexity index is 468. The normalized spacial score (nSPS) is 16.3. The maximum Gasteiger partial charge on any atom is 0.191 e. The van der Waals surface area contributed by atoms with Crippen LogP contribution in [0.25, 0.3) is 0 Å². The molecule has 0 aliphatic heterocycles. The summed E-state index contributed by atoms with van der Waals surface area (Å²) in [6.45, 7) is 2.55. The van der Waals surface area contributed by atoms with Crippen LogP contribution >= 0.6 is 24.0 Å². The van der Waals surface area contributed by atoms with Crippen molar-refractivity contribution in [1.29, 1.82) is 0 Å². The highest BCUT2D eigenvalue weighted by atomic mass is 127. The molecular weight excluding hydrogens is 405 g/mol. The lowest BCUT2D eigenvalue weighted by molar-refractivity contribution is 0.194. The third-order valence-corrected chi connectivity index (χ3v) is 4.40. The summed E-state index contributed by atoms with van der Waals surface area (Å²) < 4.78 is 1.76. The maximum absolute atomic E-state index is 4.24. The van der Waals surface area contributed by atoms with Crippen molar-refractivity contribution >= 4 is 29.9 Å². The summed E-state index contributed by atoms with van der Waals surface area (Å²) in [5.74, 6) is 1.70. The lowest BCUT2D eigenvalue weighted by atomic mass is 9.94. The van der Waals surface area contributed by atoms with Crippen LogP contribution in [0.15, 0.2) is 11.3 Å². The summed E-state index contributed by atoms with van der Waals surface area (Å²) in [5, 5.41) is 10.7. The number of likely N-dealkylation sites (N-methyl/N-ethyl adjacent to an activating group) is 1. The average molecular weight is 435 g/mol. The van der Waals surface area contributed by atoms with Crippen molar-refractivity contribution in [3.05, 3.63) is 12.2 Å². The minimum atomic E-state index is 0. The third kappa shape index (κ3) is 6.62. The first-order valence-electron chi connectivity index (χ1n) is 8.18. The van der Waals surface area contributed by atoms with Crippen LogP contribution in [0.5, 0.6) is 0 Å². The molecule has 7 nitrogen and oxygen atoms in total. The van der Waals surface area contributed by atoms with Crippen LogP contribution in [0.3, 0.4) is 0 Å². The minimum Gasteiger partial charge on any atom is -0.355 e. The van der Waals surface area contributed by atoms with E-state index in [0.29, 0.717) is 6.54 Å². The first kappa shape index (κ1) is 20.1. The molecular formula is C15H30IN7. The standard InChI is InChI=1S/C15H29N7.HI/c1-16-15(18-11-14-19-12-20-22(14)3)17-9-10-21(2)13-7-5-4-6-8-13;/h12-13H,4-11H2,1-3H3,(H2,16,17,18);1H. The second-order valence-corrected chi connectivity index (χ2v) is 5.92. The van der Waals surface area contributed by atoms with E-state index >= 15 is 0 Å². The highest BCUT2D eigenvalue weighted by Gasteiger charge is 2.17. The number of nitrogens with one attached hydrogen (secondary N) is 2. The van der Waals surface area contributed by atoms with E-state index < -0.39 is 0 Å². The second-order valence-electron chi connectivity index (χ2n) is 5.92. The largest absolute Gasteiger partial charge is 0.355 e. The summed E-state index contributed by atoms with van der Waals surface area (Å²) in [6.07, 6.45) is 8.41. The van der Waals surface area contributed by atoms with Gasteiger partial charge in [-0.1, -0.05) is 19.3 Å². The van der Waals surface area contributed by atoms with Gasteiger partial charge in [0.1, 0.15) is 12.2 Å². The van der Waals surface area contributed by atoms with E-state index in [0.717, 1.165) is 30.9 Å². The fourth-order valence-electron chi connectivity index (χ4n) is 2.92. The van der Waals surface area contributed by atoms with E-state index in [-0.39, 0.29) is 24.0 Å². The van der Waals surface area contributed by atoms with Crippen LogP contribution in [-0.2, 0) is 13.6 Å². The molecule has 0 atom stereocenters. The Morgan fingerprint density at radius 2 is 2.09 bits per heavy atom. The van der Waals surface area contributed by atoms with Gasteiger partial charge in [0.2, 0.25) is 0 Å². The molecule has 2 N–H and O–H groups in total. The Morgan fingerprint density at radius 3 is 2.70 bits per heavy atom. The molecule has 1 heterocycles. The smallest absolute Gasteiger partial charge is 0.191 e. The van der Waals surface area contributed by atoms with Crippen LogP contribution in [-0.4, -0.2) is 58.9 Å². The summed E-state index contributed by atoms with van der Waals surface area (Å²) in [7, 11) is 5.91. The summed E-state index contributed by atoms with van der Waals surface area (Å²) in [4.78, 5) is 10.9. The number of aliphatic imine (C=N–C) groups is 1. The van der Waals surface area contributed by atoms with Crippen molar-refractivity contribution in [2.45, 2.75) is 44.7 Å². The first-order chi connectivity index (χ1) is 10.7. The highest BCUT2D eigenvalue weighted by Crippen LogP contribution is 2.21. The Kier molecular flexibility index (Phi) is 9.46. The van der Waals surface area contributed by atoms with E-state index in [9.17, 15) is 0 Å². The fraction of sp³-hybridized carbons (Fsp3) is 0.800. The van der Waals surface area contributed by atoms with Crippen molar-refractivity contribution in [2.24, 2.45) is 12.0 Å². The van der Waals surface area contributed by atoms with Crippen molar-refractivity contribution in [2.75, 3.05) is 27.2 Å². The molecule has 0 aromatic carbocycles. The molecule has 23 heavy (non-hydrogen) atoms. The van der Waals surface area contributed by atoms with Crippen molar-refractivity contribution in [1.82, 2.24) is 30.3 Å². The van der Waals surface area contributed by atoms with Gasteiger partial charge in [0.05, 0.1) is 6.54 Å². The van der Waals surface area contributed by atoms with Gasteiger partial charge in [0.15, 0.2) is 5.96 Å². The Hall–Kier alpha value is -0.900. The van der Waals surface area contributed by atoms with Gasteiger partial charge in [-0.3, -0.25) is 9.67 Å². The number of nitrogens with zero attached hydrogens (tertiary/aromatic N) is 5. The van der Waals surface area contributed by atoms with Gasteiger partial charge in [0, 0.05) is 33.2 Å². The van der Waals surface area contributed by atoms with Gasteiger partial charge < -0.3 is 15.5 Å². The molecule has 132 valence electrons. The molecule has 1 aliphatic carbocycles. The second kappa shape index (κ2) is 10.8. The van der Waals surface area contributed by atoms with Gasteiger partial charge >= 0.3 is 0 Å². The average Bonchev–Trinajstić information content (AvgIpc) is 2.96. The molecule has 0 bridgehead atoms. The molecule has 2 rings (SSSR count). The SMILES string of the molecule is CN=C(NCCN(C)C1CCCCC1)NCc1ncnn1C.I. The van der Waals surface area contributed by atoms with Crippen LogP contribution in [0.4, 0.5) is 0 Å². The van der Waals surface area contributed by atoms with Gasteiger partial charge in [-0.15, -0.1) is 24.0 Å². The number of rotatable bonds is 6. The van der Waals surface area contributed by atoms with Crippen LogP contribution in [0.1, 0.15) is 37.9 Å². The predicted octanol–water partition coefficient (Wildman–Crippen LogP) is 1.36. The Labute approximate surface area is 156 Å². The number of halogens is 1. The number of hydrogen-bond acceptors (Lipinski definition) is 4. The molecule has 0 unspecified atom stereocenters. The summed E-state index contributed by atoms with van der Waals surface area (Å²) >= 11 is 0. The van der Waals surface area contributed by atoms with Crippen LogP contribution < -0.4 is 10.6 Å². The predicted molar refractivity (Wildman–Crippen MR) is 104 cm³/mol. The van der Waals surface area contributed by atoms with E-state index in [1.165, 1.54) is 32.1 Å². The Balaban J connectivity index is 0.00000264. The molecule has 0 radical (unpaired) electrons. The Morgan fingerprint density at radius 1 is 1.35 bits per heavy atom. The zero-order valence-electron chi connectivity index (χ0n) is 14.5. The first-order valence-corrected chi connectivity index (χ1v) is 8.18. The minimum absolute atomic E-state index is 0. The van der Waals surface area contributed by atoms with E-state index in [1.54, 1.807) is 18.1 Å². The molecule has 1 aromatic rings.